The van der Waals surface area contributed by atoms with Crippen LogP contribution in [-0.4, -0.2) is 13.1 Å². The summed E-state index contributed by atoms with van der Waals surface area (Å²) >= 11 is 0. The summed E-state index contributed by atoms with van der Waals surface area (Å²) in [4.78, 5) is 12.5. The van der Waals surface area contributed by atoms with Gasteiger partial charge in [0.25, 0.3) is 0 Å². The summed E-state index contributed by atoms with van der Waals surface area (Å²) < 4.78 is 5.16. The van der Waals surface area contributed by atoms with Gasteiger partial charge in [-0.2, -0.15) is 0 Å². The Balaban J connectivity index is 1.27. The lowest BCUT2D eigenvalue weighted by Gasteiger charge is -2.37. The molecule has 0 heterocycles. The summed E-state index contributed by atoms with van der Waals surface area (Å²) in [5, 5.41) is 15.2. The molecular weight excluding hydrogens is 560 g/mol. The molecule has 0 saturated heterocycles. The molecule has 0 aromatic heterocycles. The highest BCUT2D eigenvalue weighted by molar-refractivity contribution is 6.48. The summed E-state index contributed by atoms with van der Waals surface area (Å²) in [7, 11) is 1.52. The van der Waals surface area contributed by atoms with Crippen LogP contribution in [0.4, 0.5) is 0 Å². The van der Waals surface area contributed by atoms with E-state index in [1.54, 1.807) is 60.1 Å². The largest absolute Gasteiger partial charge is 0.469 e. The number of methoxy groups -OCH3 is 1. The first-order valence-electron chi connectivity index (χ1n) is 17.1. The molecule has 6 aliphatic carbocycles. The van der Waals surface area contributed by atoms with E-state index in [9.17, 15) is 4.79 Å². The van der Waals surface area contributed by atoms with Crippen LogP contribution in [-0.2, 0) is 33.2 Å². The molecule has 6 aliphatic rings. The summed E-state index contributed by atoms with van der Waals surface area (Å²) in [5.41, 5.74) is 13.8. The van der Waals surface area contributed by atoms with E-state index in [2.05, 4.69) is 79.4 Å². The minimum Gasteiger partial charge on any atom is -0.469 e. The standard InChI is InChI=1S/C44H30O2/c1-3-20-14-23-17-24-15-21-11-12-22-16-25-18-26-19-28-43(13-7-10-29(45)46-2,27-8-5-4-6-9-27)44(28)41(20)39-33(23)32(24)36-30(21)31(22)37-34(25)35(26)42(44)40(39)38(36)37/h3-6,8-9,11-12,14-16,19-20,28,41H,1,7,10,13,17-18H2,2H3/t20?,28?,41?,43-,44?/m0/s1. The van der Waals surface area contributed by atoms with Crippen LogP contribution in [0.5, 0.6) is 0 Å². The van der Waals surface area contributed by atoms with Crippen LogP contribution >= 0.6 is 0 Å². The summed E-state index contributed by atoms with van der Waals surface area (Å²) in [6.45, 7) is 4.53. The number of carbonyl (C=O) groups is 1. The van der Waals surface area contributed by atoms with E-state index in [1.807, 2.05) is 0 Å². The lowest BCUT2D eigenvalue weighted by molar-refractivity contribution is -0.140. The zero-order valence-electron chi connectivity index (χ0n) is 25.7. The van der Waals surface area contributed by atoms with E-state index in [4.69, 9.17) is 4.74 Å². The molecule has 0 bridgehead atoms. The quantitative estimate of drug-likeness (QED) is 0.109. The van der Waals surface area contributed by atoms with Crippen LogP contribution in [0, 0.1) is 11.8 Å². The second kappa shape index (κ2) is 7.00. The number of benzene rings is 6. The third-order valence-corrected chi connectivity index (χ3v) is 14.0. The number of hydrogen-bond acceptors (Lipinski definition) is 2. The number of allylic oxidation sites excluding steroid dienone is 5. The van der Waals surface area contributed by atoms with Crippen molar-refractivity contribution in [2.45, 2.75) is 48.9 Å². The van der Waals surface area contributed by atoms with Crippen molar-refractivity contribution in [3.8, 4) is 0 Å². The first-order valence-corrected chi connectivity index (χ1v) is 17.1. The minimum absolute atomic E-state index is 0.0677. The molecule has 1 saturated carbocycles. The second-order valence-corrected chi connectivity index (χ2v) is 15.3. The lowest BCUT2D eigenvalue weighted by Crippen LogP contribution is -2.32. The van der Waals surface area contributed by atoms with Gasteiger partial charge in [-0.15, -0.1) is 6.58 Å². The smallest absolute Gasteiger partial charge is 0.305 e. The highest BCUT2D eigenvalue weighted by atomic mass is 16.5. The molecule has 1 fully saturated rings. The minimum atomic E-state index is -0.104. The van der Waals surface area contributed by atoms with Crippen LogP contribution < -0.4 is 0 Å². The van der Waals surface area contributed by atoms with E-state index >= 15 is 0 Å². The molecule has 5 atom stereocenters. The number of ether oxygens (including phenoxy) is 1. The fraction of sp³-hybridized carbons (Fsp3) is 0.250. The second-order valence-electron chi connectivity index (χ2n) is 15.3. The number of esters is 1. The highest BCUT2D eigenvalue weighted by Gasteiger charge is 2.83. The summed E-state index contributed by atoms with van der Waals surface area (Å²) in [6, 6.07) is 21.2. The molecule has 13 rings (SSSR count). The van der Waals surface area contributed by atoms with E-state index in [0.29, 0.717) is 18.3 Å². The van der Waals surface area contributed by atoms with E-state index in [1.165, 1.54) is 50.9 Å². The SMILES string of the molecule is C=CC1C=C2Cc3cc4ccc5cc6c7c8c9c%10c(c2c3c2c4c5c7c%102)C1C91C(C=C8C6)[C@]1(CCCC(=O)OC)c1ccccc1. The van der Waals surface area contributed by atoms with Crippen molar-refractivity contribution < 1.29 is 9.53 Å². The van der Waals surface area contributed by atoms with Crippen molar-refractivity contribution in [1.82, 2.24) is 0 Å². The first-order chi connectivity index (χ1) is 22.6. The van der Waals surface area contributed by atoms with Gasteiger partial charge >= 0.3 is 5.97 Å². The Morgan fingerprint density at radius 2 is 1.52 bits per heavy atom. The number of rotatable bonds is 6. The molecule has 2 nitrogen and oxygen atoms in total. The maximum Gasteiger partial charge on any atom is 0.305 e. The summed E-state index contributed by atoms with van der Waals surface area (Å²) in [6.07, 6.45) is 11.9. The van der Waals surface area contributed by atoms with E-state index in [0.717, 1.165) is 25.7 Å². The van der Waals surface area contributed by atoms with Gasteiger partial charge in [0, 0.05) is 29.1 Å². The van der Waals surface area contributed by atoms with E-state index < -0.39 is 0 Å². The molecular formula is C44H30O2. The Hall–Kier alpha value is -4.69. The van der Waals surface area contributed by atoms with Gasteiger partial charge in [0.15, 0.2) is 0 Å². The molecule has 1 spiro atoms. The van der Waals surface area contributed by atoms with Crippen molar-refractivity contribution in [3.63, 3.8) is 0 Å². The monoisotopic (exact) mass is 590 g/mol. The normalized spacial score (nSPS) is 28.6. The molecule has 2 heteroatoms. The molecule has 0 N–H and O–H groups in total. The number of hydrogen-bond donors (Lipinski definition) is 0. The molecule has 0 aliphatic heterocycles. The lowest BCUT2D eigenvalue weighted by atomic mass is 9.65. The van der Waals surface area contributed by atoms with Crippen LogP contribution in [0.25, 0.3) is 65.0 Å². The van der Waals surface area contributed by atoms with Gasteiger partial charge < -0.3 is 4.74 Å². The molecule has 0 radical (unpaired) electrons. The molecule has 0 amide bonds. The van der Waals surface area contributed by atoms with Crippen molar-refractivity contribution in [2.75, 3.05) is 7.11 Å². The predicted octanol–water partition coefficient (Wildman–Crippen LogP) is 9.72. The fourth-order valence-corrected chi connectivity index (χ4v) is 13.0. The van der Waals surface area contributed by atoms with Gasteiger partial charge in [0.05, 0.1) is 7.11 Å². The van der Waals surface area contributed by atoms with Crippen LogP contribution in [0.3, 0.4) is 0 Å². The maximum atomic E-state index is 12.5. The van der Waals surface area contributed by atoms with Gasteiger partial charge in [0.2, 0.25) is 0 Å². The van der Waals surface area contributed by atoms with Crippen LogP contribution in [0.15, 0.2) is 79.4 Å². The maximum absolute atomic E-state index is 12.5. The van der Waals surface area contributed by atoms with Gasteiger partial charge in [-0.3, -0.25) is 4.79 Å². The van der Waals surface area contributed by atoms with Gasteiger partial charge in [0.1, 0.15) is 0 Å². The first kappa shape index (κ1) is 23.6. The van der Waals surface area contributed by atoms with Crippen molar-refractivity contribution >= 4 is 71.0 Å². The van der Waals surface area contributed by atoms with Crippen LogP contribution in [0.2, 0.25) is 0 Å². The zero-order valence-corrected chi connectivity index (χ0v) is 25.7. The van der Waals surface area contributed by atoms with Gasteiger partial charge in [-0.05, 0) is 136 Å². The molecule has 4 unspecified atom stereocenters. The Morgan fingerprint density at radius 1 is 0.848 bits per heavy atom. The molecule has 46 heavy (non-hydrogen) atoms. The third kappa shape index (κ3) is 2.04. The number of carbonyl (C=O) groups excluding carboxylic acids is 1. The third-order valence-electron chi connectivity index (χ3n) is 14.0. The molecule has 218 valence electrons. The van der Waals surface area contributed by atoms with Crippen molar-refractivity contribution in [1.29, 1.82) is 0 Å². The molecule has 7 aromatic rings. The van der Waals surface area contributed by atoms with Crippen molar-refractivity contribution in [3.05, 3.63) is 118 Å². The topological polar surface area (TPSA) is 26.3 Å². The van der Waals surface area contributed by atoms with E-state index in [-0.39, 0.29) is 22.7 Å². The van der Waals surface area contributed by atoms with Gasteiger partial charge in [-0.1, -0.05) is 72.8 Å². The predicted molar refractivity (Wildman–Crippen MR) is 186 cm³/mol. The average Bonchev–Trinajstić information content (AvgIpc) is 3.54. The summed E-state index contributed by atoms with van der Waals surface area (Å²) in [5.74, 6) is 0.883. The highest BCUT2D eigenvalue weighted by Crippen LogP contribution is 2.86. The Bertz CT molecular complexity index is 2710. The Morgan fingerprint density at radius 3 is 2.22 bits per heavy atom. The fourth-order valence-electron chi connectivity index (χ4n) is 13.0. The average molecular weight is 591 g/mol. The zero-order chi connectivity index (χ0) is 30.0. The van der Waals surface area contributed by atoms with Gasteiger partial charge in [-0.25, -0.2) is 0 Å². The Kier molecular flexibility index (Phi) is 3.60. The Labute approximate surface area is 266 Å². The molecule has 7 aromatic carbocycles. The van der Waals surface area contributed by atoms with Crippen LogP contribution in [0.1, 0.15) is 64.1 Å². The van der Waals surface area contributed by atoms with Crippen molar-refractivity contribution in [2.24, 2.45) is 11.8 Å².